The second-order valence-electron chi connectivity index (χ2n) is 21.1. The first-order chi connectivity index (χ1) is 32.5. The van der Waals surface area contributed by atoms with Crippen molar-refractivity contribution in [2.75, 3.05) is 6.61 Å². The van der Waals surface area contributed by atoms with E-state index in [1.54, 1.807) is 0 Å². The third-order valence-electron chi connectivity index (χ3n) is 14.5. The Bertz CT molecular complexity index is 959. The highest BCUT2D eigenvalue weighted by atomic mass is 16.3. The van der Waals surface area contributed by atoms with Gasteiger partial charge >= 0.3 is 0 Å². The van der Waals surface area contributed by atoms with Gasteiger partial charge in [0.05, 0.1) is 18.8 Å². The predicted molar refractivity (Wildman–Crippen MR) is 288 cm³/mol. The van der Waals surface area contributed by atoms with Crippen molar-refractivity contribution in [3.05, 3.63) is 12.2 Å². The number of hydrogen-bond acceptors (Lipinski definition) is 5. The average molecular weight is 935 g/mol. The highest BCUT2D eigenvalue weighted by Crippen LogP contribution is 2.19. The van der Waals surface area contributed by atoms with E-state index in [1.807, 2.05) is 0 Å². The van der Waals surface area contributed by atoms with Crippen LogP contribution in [0, 0.1) is 0 Å². The molecule has 4 unspecified atom stereocenters. The molecule has 5 N–H and O–H groups in total. The van der Waals surface area contributed by atoms with Gasteiger partial charge in [-0.3, -0.25) is 4.79 Å². The third-order valence-corrected chi connectivity index (χ3v) is 14.5. The largest absolute Gasteiger partial charge is 0.394 e. The molecule has 0 aliphatic carbocycles. The molecule has 6 heteroatoms. The van der Waals surface area contributed by atoms with Gasteiger partial charge in [0.25, 0.3) is 0 Å². The molecule has 0 saturated carbocycles. The van der Waals surface area contributed by atoms with Crippen molar-refractivity contribution >= 4 is 5.91 Å². The number of carbonyl (C=O) groups excluding carboxylic acids is 1. The number of amides is 1. The van der Waals surface area contributed by atoms with Gasteiger partial charge in [0.15, 0.2) is 0 Å². The van der Waals surface area contributed by atoms with E-state index in [0.717, 1.165) is 44.9 Å². The Balaban J connectivity index is 3.54. The lowest BCUT2D eigenvalue weighted by Crippen LogP contribution is -2.53. The van der Waals surface area contributed by atoms with Gasteiger partial charge in [-0.1, -0.05) is 309 Å². The van der Waals surface area contributed by atoms with Crippen molar-refractivity contribution < 1.29 is 25.2 Å². The molecule has 0 fully saturated rings. The molecule has 0 heterocycles. The molecule has 0 radical (unpaired) electrons. The number of nitrogens with one attached hydrogen (secondary N) is 1. The molecule has 0 bridgehead atoms. The molecule has 4 atom stereocenters. The van der Waals surface area contributed by atoms with Crippen LogP contribution in [0.1, 0.15) is 335 Å². The van der Waals surface area contributed by atoms with Gasteiger partial charge in [-0.25, -0.2) is 0 Å². The van der Waals surface area contributed by atoms with Crippen LogP contribution < -0.4 is 5.32 Å². The van der Waals surface area contributed by atoms with Crippen molar-refractivity contribution in [3.63, 3.8) is 0 Å². The van der Waals surface area contributed by atoms with Crippen molar-refractivity contribution in [2.24, 2.45) is 0 Å². The number of rotatable bonds is 56. The Morgan fingerprint density at radius 1 is 0.364 bits per heavy atom. The molecule has 0 aromatic heterocycles. The number of hydrogen-bond donors (Lipinski definition) is 5. The Hall–Kier alpha value is -0.950. The standard InChI is InChI=1S/C60H119NO5/c1-3-5-7-9-11-13-15-17-19-21-23-24-25-26-27-28-29-30-31-32-33-34-35-36-38-39-41-43-45-47-49-51-53-57(63)59(65)56(55-62)61-60(66)58(64)54-52-50-48-46-44-42-40-37-22-20-18-16-14-12-10-8-6-4-2/h22,37,56-59,62-65H,3-21,23-36,38-55H2,1-2H3,(H,61,66)/b37-22-. The first-order valence-corrected chi connectivity index (χ1v) is 30.1. The van der Waals surface area contributed by atoms with Gasteiger partial charge in [0.2, 0.25) is 5.91 Å². The van der Waals surface area contributed by atoms with E-state index < -0.39 is 36.9 Å². The zero-order valence-electron chi connectivity index (χ0n) is 44.7. The third kappa shape index (κ3) is 48.1. The fraction of sp³-hybridized carbons (Fsp3) is 0.950. The van der Waals surface area contributed by atoms with Crippen LogP contribution in [0.4, 0.5) is 0 Å². The molecular formula is C60H119NO5. The smallest absolute Gasteiger partial charge is 0.249 e. The van der Waals surface area contributed by atoms with Crippen LogP contribution in [0.5, 0.6) is 0 Å². The Labute approximate surface area is 412 Å². The number of aliphatic hydroxyl groups is 4. The van der Waals surface area contributed by atoms with Gasteiger partial charge < -0.3 is 25.7 Å². The maximum atomic E-state index is 12.6. The molecule has 66 heavy (non-hydrogen) atoms. The topological polar surface area (TPSA) is 110 Å². The fourth-order valence-electron chi connectivity index (χ4n) is 9.76. The summed E-state index contributed by atoms with van der Waals surface area (Å²) in [6, 6.07) is -0.986. The Kier molecular flexibility index (Phi) is 54.2. The number of aliphatic hydroxyl groups excluding tert-OH is 4. The minimum atomic E-state index is -1.26. The summed E-state index contributed by atoms with van der Waals surface area (Å²) in [5, 5.41) is 44.0. The number of unbranched alkanes of at least 4 members (excludes halogenated alkanes) is 45. The van der Waals surface area contributed by atoms with Crippen LogP contribution in [-0.2, 0) is 4.79 Å². The molecular weight excluding hydrogens is 815 g/mol. The summed E-state index contributed by atoms with van der Waals surface area (Å²) in [6.07, 6.45) is 65.9. The molecule has 0 aliphatic heterocycles. The molecule has 0 aromatic carbocycles. The molecule has 0 rings (SSSR count). The van der Waals surface area contributed by atoms with Gasteiger partial charge in [-0.15, -0.1) is 0 Å². The molecule has 394 valence electrons. The van der Waals surface area contributed by atoms with E-state index >= 15 is 0 Å². The minimum Gasteiger partial charge on any atom is -0.394 e. The summed E-state index contributed by atoms with van der Waals surface area (Å²) < 4.78 is 0. The summed E-state index contributed by atoms with van der Waals surface area (Å²) in [6.45, 7) is 4.09. The minimum absolute atomic E-state index is 0.365. The van der Waals surface area contributed by atoms with Gasteiger partial charge in [-0.2, -0.15) is 0 Å². The molecule has 1 amide bonds. The lowest BCUT2D eigenvalue weighted by molar-refractivity contribution is -0.132. The van der Waals surface area contributed by atoms with Gasteiger partial charge in [-0.05, 0) is 38.5 Å². The van der Waals surface area contributed by atoms with Crippen LogP contribution in [0.25, 0.3) is 0 Å². The Morgan fingerprint density at radius 3 is 0.879 bits per heavy atom. The first-order valence-electron chi connectivity index (χ1n) is 30.1. The number of allylic oxidation sites excluding steroid dienone is 2. The summed E-state index contributed by atoms with van der Waals surface area (Å²) in [7, 11) is 0. The van der Waals surface area contributed by atoms with Crippen molar-refractivity contribution in [1.82, 2.24) is 5.32 Å². The summed E-state index contributed by atoms with van der Waals surface area (Å²) >= 11 is 0. The van der Waals surface area contributed by atoms with E-state index in [0.29, 0.717) is 12.8 Å². The zero-order chi connectivity index (χ0) is 48.1. The van der Waals surface area contributed by atoms with Crippen molar-refractivity contribution in [3.8, 4) is 0 Å². The second kappa shape index (κ2) is 55.0. The molecule has 0 spiro atoms. The second-order valence-corrected chi connectivity index (χ2v) is 21.1. The van der Waals surface area contributed by atoms with Gasteiger partial charge in [0.1, 0.15) is 12.2 Å². The van der Waals surface area contributed by atoms with Gasteiger partial charge in [0, 0.05) is 0 Å². The van der Waals surface area contributed by atoms with Crippen LogP contribution in [0.2, 0.25) is 0 Å². The predicted octanol–water partition coefficient (Wildman–Crippen LogP) is 17.6. The normalized spacial score (nSPS) is 13.7. The van der Waals surface area contributed by atoms with E-state index in [4.69, 9.17) is 0 Å². The zero-order valence-corrected chi connectivity index (χ0v) is 44.7. The fourth-order valence-corrected chi connectivity index (χ4v) is 9.76. The highest BCUT2D eigenvalue weighted by molar-refractivity contribution is 5.80. The quantitative estimate of drug-likeness (QED) is 0.0308. The van der Waals surface area contributed by atoms with E-state index in [1.165, 1.54) is 263 Å². The Morgan fingerprint density at radius 2 is 0.606 bits per heavy atom. The summed E-state index contributed by atoms with van der Waals surface area (Å²) in [5.41, 5.74) is 0. The van der Waals surface area contributed by atoms with E-state index in [2.05, 4.69) is 31.3 Å². The SMILES string of the molecule is CCCCCCCCCC/C=C\CCCCCCCCC(O)C(=O)NC(CO)C(O)C(O)CCCCCCCCCCCCCCCCCCCCCCCCCCCCCCCCCC. The highest BCUT2D eigenvalue weighted by Gasteiger charge is 2.28. The van der Waals surface area contributed by atoms with Crippen molar-refractivity contribution in [1.29, 1.82) is 0 Å². The lowest BCUT2D eigenvalue weighted by atomic mass is 9.99. The average Bonchev–Trinajstić information content (AvgIpc) is 3.32. The van der Waals surface area contributed by atoms with Crippen LogP contribution in [0.3, 0.4) is 0 Å². The van der Waals surface area contributed by atoms with E-state index in [-0.39, 0.29) is 0 Å². The first kappa shape index (κ1) is 65.0. The molecule has 0 aliphatic rings. The molecule has 0 aromatic rings. The van der Waals surface area contributed by atoms with Crippen LogP contribution in [-0.4, -0.2) is 57.3 Å². The molecule has 0 saturated heterocycles. The summed E-state index contributed by atoms with van der Waals surface area (Å²) in [5.74, 6) is -0.583. The van der Waals surface area contributed by atoms with Crippen molar-refractivity contribution in [2.45, 2.75) is 359 Å². The summed E-state index contributed by atoms with van der Waals surface area (Å²) in [4.78, 5) is 12.6. The van der Waals surface area contributed by atoms with E-state index in [9.17, 15) is 25.2 Å². The van der Waals surface area contributed by atoms with Crippen LogP contribution in [0.15, 0.2) is 12.2 Å². The van der Waals surface area contributed by atoms with Crippen LogP contribution >= 0.6 is 0 Å². The maximum absolute atomic E-state index is 12.6. The maximum Gasteiger partial charge on any atom is 0.249 e. The molecule has 6 nitrogen and oxygen atoms in total. The monoisotopic (exact) mass is 934 g/mol. The lowest BCUT2D eigenvalue weighted by Gasteiger charge is -2.27. The number of carbonyl (C=O) groups is 1.